The standard InChI is InChI=1S/C25H29N3O4/c1-3-26-13-15-27(16-14-26)23-22(19-7-5-4-6-8-19)24(29)28(25(23)30)17-18-32-21-11-9-20(31-2)10-12-21/h4-12H,3,13-18H2,1-2H3. The van der Waals surface area contributed by atoms with Crippen molar-refractivity contribution in [2.24, 2.45) is 0 Å². The summed E-state index contributed by atoms with van der Waals surface area (Å²) in [5, 5.41) is 0. The van der Waals surface area contributed by atoms with Gasteiger partial charge in [0.2, 0.25) is 0 Å². The van der Waals surface area contributed by atoms with Crippen molar-refractivity contribution in [2.75, 3.05) is 53.0 Å². The Bertz CT molecular complexity index is 980. The van der Waals surface area contributed by atoms with Crippen LogP contribution in [0.25, 0.3) is 5.57 Å². The number of carbonyl (C=O) groups excluding carboxylic acids is 2. The van der Waals surface area contributed by atoms with E-state index in [0.29, 0.717) is 17.0 Å². The molecule has 0 bridgehead atoms. The quantitative estimate of drug-likeness (QED) is 0.594. The smallest absolute Gasteiger partial charge is 0.277 e. The number of imide groups is 1. The Morgan fingerprint density at radius 2 is 1.50 bits per heavy atom. The molecule has 1 saturated heterocycles. The Morgan fingerprint density at radius 3 is 2.12 bits per heavy atom. The lowest BCUT2D eigenvalue weighted by molar-refractivity contribution is -0.138. The van der Waals surface area contributed by atoms with Crippen LogP contribution in [-0.2, 0) is 9.59 Å². The zero-order chi connectivity index (χ0) is 22.5. The largest absolute Gasteiger partial charge is 0.497 e. The minimum absolute atomic E-state index is 0.193. The summed E-state index contributed by atoms with van der Waals surface area (Å²) in [4.78, 5) is 32.5. The minimum atomic E-state index is -0.257. The number of ether oxygens (including phenoxy) is 2. The fraction of sp³-hybridized carbons (Fsp3) is 0.360. The predicted octanol–water partition coefficient (Wildman–Crippen LogP) is 2.49. The van der Waals surface area contributed by atoms with E-state index in [1.54, 1.807) is 19.2 Å². The Kier molecular flexibility index (Phi) is 6.75. The second kappa shape index (κ2) is 9.87. The minimum Gasteiger partial charge on any atom is -0.497 e. The van der Waals surface area contributed by atoms with Crippen LogP contribution in [0.15, 0.2) is 60.3 Å². The van der Waals surface area contributed by atoms with Gasteiger partial charge in [-0.3, -0.25) is 14.5 Å². The van der Waals surface area contributed by atoms with Crippen molar-refractivity contribution in [3.63, 3.8) is 0 Å². The fourth-order valence-corrected chi connectivity index (χ4v) is 4.14. The van der Waals surface area contributed by atoms with E-state index >= 15 is 0 Å². The van der Waals surface area contributed by atoms with Crippen LogP contribution in [0.1, 0.15) is 12.5 Å². The van der Waals surface area contributed by atoms with Gasteiger partial charge < -0.3 is 19.3 Å². The van der Waals surface area contributed by atoms with E-state index in [2.05, 4.69) is 16.7 Å². The van der Waals surface area contributed by atoms with E-state index in [4.69, 9.17) is 9.47 Å². The van der Waals surface area contributed by atoms with Crippen molar-refractivity contribution < 1.29 is 19.1 Å². The molecule has 168 valence electrons. The molecule has 2 aromatic rings. The van der Waals surface area contributed by atoms with Gasteiger partial charge in [0, 0.05) is 26.2 Å². The molecular weight excluding hydrogens is 406 g/mol. The van der Waals surface area contributed by atoms with Crippen molar-refractivity contribution in [3.05, 3.63) is 65.9 Å². The average molecular weight is 436 g/mol. The molecular formula is C25H29N3O4. The van der Waals surface area contributed by atoms with Crippen molar-refractivity contribution in [3.8, 4) is 11.5 Å². The average Bonchev–Trinajstić information content (AvgIpc) is 3.10. The van der Waals surface area contributed by atoms with Crippen LogP contribution in [0, 0.1) is 0 Å². The third kappa shape index (κ3) is 4.48. The van der Waals surface area contributed by atoms with Gasteiger partial charge in [-0.1, -0.05) is 37.3 Å². The number of piperazine rings is 1. The maximum Gasteiger partial charge on any atom is 0.277 e. The van der Waals surface area contributed by atoms with Crippen LogP contribution in [0.2, 0.25) is 0 Å². The number of carbonyl (C=O) groups is 2. The zero-order valence-electron chi connectivity index (χ0n) is 18.6. The number of hydrogen-bond donors (Lipinski definition) is 0. The lowest BCUT2D eigenvalue weighted by Gasteiger charge is -2.36. The van der Waals surface area contributed by atoms with Gasteiger partial charge in [0.15, 0.2) is 0 Å². The number of rotatable bonds is 8. The summed E-state index contributed by atoms with van der Waals surface area (Å²) in [6.45, 7) is 6.76. The number of likely N-dealkylation sites (N-methyl/N-ethyl adjacent to an activating group) is 1. The molecule has 2 aliphatic heterocycles. The van der Waals surface area contributed by atoms with Crippen LogP contribution in [0.3, 0.4) is 0 Å². The number of nitrogens with zero attached hydrogens (tertiary/aromatic N) is 3. The van der Waals surface area contributed by atoms with Gasteiger partial charge in [-0.15, -0.1) is 0 Å². The van der Waals surface area contributed by atoms with E-state index in [1.165, 1.54) is 4.90 Å². The Hall–Kier alpha value is -3.32. The van der Waals surface area contributed by atoms with Crippen LogP contribution < -0.4 is 9.47 Å². The molecule has 0 saturated carbocycles. The van der Waals surface area contributed by atoms with Crippen molar-refractivity contribution in [1.29, 1.82) is 0 Å². The van der Waals surface area contributed by atoms with Gasteiger partial charge in [0.1, 0.15) is 23.8 Å². The Morgan fingerprint density at radius 1 is 0.844 bits per heavy atom. The highest BCUT2D eigenvalue weighted by atomic mass is 16.5. The molecule has 4 rings (SSSR count). The van der Waals surface area contributed by atoms with Gasteiger partial charge in [-0.25, -0.2) is 0 Å². The molecule has 0 aromatic heterocycles. The van der Waals surface area contributed by atoms with Crippen LogP contribution in [-0.4, -0.2) is 79.5 Å². The molecule has 2 amide bonds. The summed E-state index contributed by atoms with van der Waals surface area (Å²) in [5.41, 5.74) is 1.78. The summed E-state index contributed by atoms with van der Waals surface area (Å²) in [6.07, 6.45) is 0. The third-order valence-corrected chi connectivity index (χ3v) is 5.98. The highest BCUT2D eigenvalue weighted by molar-refractivity contribution is 6.35. The van der Waals surface area contributed by atoms with Crippen LogP contribution >= 0.6 is 0 Å². The molecule has 2 aliphatic rings. The van der Waals surface area contributed by atoms with E-state index < -0.39 is 0 Å². The molecule has 0 radical (unpaired) electrons. The van der Waals surface area contributed by atoms with E-state index in [-0.39, 0.29) is 25.0 Å². The molecule has 0 atom stereocenters. The first-order valence-corrected chi connectivity index (χ1v) is 11.0. The molecule has 1 fully saturated rings. The second-order valence-electron chi connectivity index (χ2n) is 7.80. The van der Waals surface area contributed by atoms with Crippen molar-refractivity contribution in [1.82, 2.24) is 14.7 Å². The number of hydrogen-bond acceptors (Lipinski definition) is 6. The molecule has 32 heavy (non-hydrogen) atoms. The zero-order valence-corrected chi connectivity index (χ0v) is 18.6. The van der Waals surface area contributed by atoms with Gasteiger partial charge in [-0.2, -0.15) is 0 Å². The summed E-state index contributed by atoms with van der Waals surface area (Å²) in [7, 11) is 1.61. The molecule has 7 heteroatoms. The summed E-state index contributed by atoms with van der Waals surface area (Å²) in [6, 6.07) is 16.7. The topological polar surface area (TPSA) is 62.3 Å². The molecule has 7 nitrogen and oxygen atoms in total. The highest BCUT2D eigenvalue weighted by Gasteiger charge is 2.41. The van der Waals surface area contributed by atoms with E-state index in [0.717, 1.165) is 44.0 Å². The van der Waals surface area contributed by atoms with E-state index in [9.17, 15) is 9.59 Å². The number of amides is 2. The van der Waals surface area contributed by atoms with Gasteiger partial charge in [0.25, 0.3) is 11.8 Å². The Balaban J connectivity index is 1.51. The SMILES string of the molecule is CCN1CCN(C2=C(c3ccccc3)C(=O)N(CCOc3ccc(OC)cc3)C2=O)CC1. The molecule has 0 spiro atoms. The molecule has 0 N–H and O–H groups in total. The number of benzene rings is 2. The predicted molar refractivity (Wildman–Crippen MR) is 122 cm³/mol. The third-order valence-electron chi connectivity index (χ3n) is 5.98. The maximum absolute atomic E-state index is 13.4. The Labute approximate surface area is 188 Å². The van der Waals surface area contributed by atoms with Gasteiger partial charge in [0.05, 0.1) is 19.2 Å². The van der Waals surface area contributed by atoms with Gasteiger partial charge in [-0.05, 0) is 36.4 Å². The summed E-state index contributed by atoms with van der Waals surface area (Å²) < 4.78 is 10.9. The molecule has 0 unspecified atom stereocenters. The lowest BCUT2D eigenvalue weighted by Crippen LogP contribution is -2.47. The number of methoxy groups -OCH3 is 1. The molecule has 2 aromatic carbocycles. The van der Waals surface area contributed by atoms with Crippen molar-refractivity contribution in [2.45, 2.75) is 6.92 Å². The fourth-order valence-electron chi connectivity index (χ4n) is 4.14. The molecule has 2 heterocycles. The lowest BCUT2D eigenvalue weighted by atomic mass is 10.0. The van der Waals surface area contributed by atoms with Crippen LogP contribution in [0.5, 0.6) is 11.5 Å². The summed E-state index contributed by atoms with van der Waals surface area (Å²) in [5.74, 6) is 0.911. The second-order valence-corrected chi connectivity index (χ2v) is 7.80. The highest BCUT2D eigenvalue weighted by Crippen LogP contribution is 2.32. The monoisotopic (exact) mass is 435 g/mol. The first kappa shape index (κ1) is 21.9. The van der Waals surface area contributed by atoms with Crippen LogP contribution in [0.4, 0.5) is 0 Å². The normalized spacial score (nSPS) is 17.3. The first-order chi connectivity index (χ1) is 15.6. The van der Waals surface area contributed by atoms with Crippen molar-refractivity contribution >= 4 is 17.4 Å². The molecule has 0 aliphatic carbocycles. The summed E-state index contributed by atoms with van der Waals surface area (Å²) >= 11 is 0. The maximum atomic E-state index is 13.4. The van der Waals surface area contributed by atoms with E-state index in [1.807, 2.05) is 42.5 Å². The first-order valence-electron chi connectivity index (χ1n) is 11.0. The van der Waals surface area contributed by atoms with Gasteiger partial charge >= 0.3 is 0 Å².